The molecule has 2 nitrogen and oxygen atoms in total. The zero-order chi connectivity index (χ0) is 12.5. The first-order valence-corrected chi connectivity index (χ1v) is 7.14. The van der Waals surface area contributed by atoms with Crippen LogP contribution in [0.2, 0.25) is 0 Å². The first kappa shape index (κ1) is 11.8. The van der Waals surface area contributed by atoms with E-state index in [2.05, 4.69) is 18.2 Å². The van der Waals surface area contributed by atoms with Crippen LogP contribution in [0.4, 0.5) is 5.69 Å². The second-order valence-corrected chi connectivity index (χ2v) is 5.69. The SMILES string of the molecule is CC(=O)N1CC(C2CCCCC2)c2ccccc21. The molecule has 96 valence electrons. The Bertz CT molecular complexity index is 448. The summed E-state index contributed by atoms with van der Waals surface area (Å²) in [5.74, 6) is 1.54. The summed E-state index contributed by atoms with van der Waals surface area (Å²) in [6.07, 6.45) is 6.80. The van der Waals surface area contributed by atoms with Gasteiger partial charge in [-0.3, -0.25) is 4.79 Å². The van der Waals surface area contributed by atoms with Crippen molar-refractivity contribution >= 4 is 11.6 Å². The van der Waals surface area contributed by atoms with Gasteiger partial charge in [0.05, 0.1) is 0 Å². The van der Waals surface area contributed by atoms with Gasteiger partial charge in [0.2, 0.25) is 5.91 Å². The number of hydrogen-bond acceptors (Lipinski definition) is 1. The number of carbonyl (C=O) groups excluding carboxylic acids is 1. The molecular weight excluding hydrogens is 222 g/mol. The number of fused-ring (bicyclic) bond motifs is 1. The molecule has 1 amide bonds. The average Bonchev–Trinajstić information content (AvgIpc) is 2.79. The standard InChI is InChI=1S/C16H21NO/c1-12(18)17-11-15(13-7-3-2-4-8-13)14-9-5-6-10-16(14)17/h5-6,9-10,13,15H,2-4,7-8,11H2,1H3. The number of amides is 1. The topological polar surface area (TPSA) is 20.3 Å². The molecule has 0 aromatic heterocycles. The lowest BCUT2D eigenvalue weighted by Crippen LogP contribution is -2.29. The van der Waals surface area contributed by atoms with Gasteiger partial charge in [-0.15, -0.1) is 0 Å². The first-order valence-electron chi connectivity index (χ1n) is 7.14. The lowest BCUT2D eigenvalue weighted by Gasteiger charge is -2.27. The molecule has 3 rings (SSSR count). The third-order valence-electron chi connectivity index (χ3n) is 4.61. The van der Waals surface area contributed by atoms with Crippen molar-refractivity contribution < 1.29 is 4.79 Å². The Balaban J connectivity index is 1.91. The minimum Gasteiger partial charge on any atom is -0.312 e. The van der Waals surface area contributed by atoms with E-state index in [1.54, 1.807) is 6.92 Å². The quantitative estimate of drug-likeness (QED) is 0.736. The molecule has 1 heterocycles. The number of carbonyl (C=O) groups is 1. The third-order valence-corrected chi connectivity index (χ3v) is 4.61. The molecule has 0 spiro atoms. The average molecular weight is 243 g/mol. The van der Waals surface area contributed by atoms with E-state index in [0.29, 0.717) is 5.92 Å². The van der Waals surface area contributed by atoms with Crippen LogP contribution < -0.4 is 4.90 Å². The molecule has 2 heteroatoms. The van der Waals surface area contributed by atoms with Crippen molar-refractivity contribution in [2.75, 3.05) is 11.4 Å². The summed E-state index contributed by atoms with van der Waals surface area (Å²) in [7, 11) is 0. The van der Waals surface area contributed by atoms with Crippen molar-refractivity contribution in [1.82, 2.24) is 0 Å². The maximum Gasteiger partial charge on any atom is 0.223 e. The zero-order valence-corrected chi connectivity index (χ0v) is 11.1. The Kier molecular flexibility index (Phi) is 3.11. The van der Waals surface area contributed by atoms with Crippen molar-refractivity contribution in [3.05, 3.63) is 29.8 Å². The van der Waals surface area contributed by atoms with Gasteiger partial charge in [-0.25, -0.2) is 0 Å². The molecule has 2 aliphatic rings. The lowest BCUT2D eigenvalue weighted by molar-refractivity contribution is -0.116. The van der Waals surface area contributed by atoms with E-state index in [1.165, 1.54) is 37.7 Å². The lowest BCUT2D eigenvalue weighted by atomic mass is 9.78. The first-order chi connectivity index (χ1) is 8.77. The van der Waals surface area contributed by atoms with Gasteiger partial charge >= 0.3 is 0 Å². The highest BCUT2D eigenvalue weighted by Crippen LogP contribution is 2.44. The van der Waals surface area contributed by atoms with Crippen LogP contribution in [0.3, 0.4) is 0 Å². The molecule has 0 N–H and O–H groups in total. The molecule has 18 heavy (non-hydrogen) atoms. The molecule has 1 saturated carbocycles. The molecule has 1 aromatic rings. The van der Waals surface area contributed by atoms with Crippen LogP contribution in [0.1, 0.15) is 50.5 Å². The van der Waals surface area contributed by atoms with Gasteiger partial charge in [0.1, 0.15) is 0 Å². The normalized spacial score (nSPS) is 24.1. The molecule has 1 aliphatic carbocycles. The van der Waals surface area contributed by atoms with Crippen LogP contribution in [0.25, 0.3) is 0 Å². The Morgan fingerprint density at radius 1 is 1.17 bits per heavy atom. The van der Waals surface area contributed by atoms with E-state index >= 15 is 0 Å². The fourth-order valence-corrected chi connectivity index (χ4v) is 3.68. The highest BCUT2D eigenvalue weighted by molar-refractivity contribution is 5.94. The summed E-state index contributed by atoms with van der Waals surface area (Å²) < 4.78 is 0. The van der Waals surface area contributed by atoms with Gasteiger partial charge in [-0.2, -0.15) is 0 Å². The maximum atomic E-state index is 11.8. The number of rotatable bonds is 1. The van der Waals surface area contributed by atoms with E-state index in [-0.39, 0.29) is 5.91 Å². The van der Waals surface area contributed by atoms with Crippen LogP contribution >= 0.6 is 0 Å². The fourth-order valence-electron chi connectivity index (χ4n) is 3.68. The van der Waals surface area contributed by atoms with E-state index in [0.717, 1.165) is 18.2 Å². The molecule has 0 radical (unpaired) electrons. The summed E-state index contributed by atoms with van der Waals surface area (Å²) in [4.78, 5) is 13.7. The van der Waals surface area contributed by atoms with Crippen molar-refractivity contribution in [1.29, 1.82) is 0 Å². The molecule has 1 atom stereocenters. The molecule has 1 unspecified atom stereocenters. The monoisotopic (exact) mass is 243 g/mol. The van der Waals surface area contributed by atoms with E-state index < -0.39 is 0 Å². The number of nitrogens with zero attached hydrogens (tertiary/aromatic N) is 1. The number of para-hydroxylation sites is 1. The summed E-state index contributed by atoms with van der Waals surface area (Å²) in [6, 6.07) is 8.47. The van der Waals surface area contributed by atoms with E-state index in [1.807, 2.05) is 11.0 Å². The molecular formula is C16H21NO. The Labute approximate surface area is 109 Å². The fraction of sp³-hybridized carbons (Fsp3) is 0.562. The number of benzene rings is 1. The third kappa shape index (κ3) is 1.94. The predicted molar refractivity (Wildman–Crippen MR) is 73.8 cm³/mol. The van der Waals surface area contributed by atoms with Gasteiger partial charge in [0, 0.05) is 25.1 Å². The van der Waals surface area contributed by atoms with Gasteiger partial charge in [0.15, 0.2) is 0 Å². The minimum absolute atomic E-state index is 0.181. The summed E-state index contributed by atoms with van der Waals surface area (Å²) >= 11 is 0. The highest BCUT2D eigenvalue weighted by atomic mass is 16.2. The van der Waals surface area contributed by atoms with Crippen molar-refractivity contribution in [2.45, 2.75) is 44.9 Å². The van der Waals surface area contributed by atoms with Gasteiger partial charge < -0.3 is 4.90 Å². The van der Waals surface area contributed by atoms with Crippen molar-refractivity contribution in [3.8, 4) is 0 Å². The largest absolute Gasteiger partial charge is 0.312 e. The predicted octanol–water partition coefficient (Wildman–Crippen LogP) is 3.72. The molecule has 1 aromatic carbocycles. The van der Waals surface area contributed by atoms with Crippen LogP contribution in [0.15, 0.2) is 24.3 Å². The van der Waals surface area contributed by atoms with E-state index in [9.17, 15) is 4.79 Å². The van der Waals surface area contributed by atoms with Gasteiger partial charge in [-0.1, -0.05) is 37.5 Å². The molecule has 1 aliphatic heterocycles. The molecule has 0 saturated heterocycles. The van der Waals surface area contributed by atoms with Gasteiger partial charge in [-0.05, 0) is 30.4 Å². The summed E-state index contributed by atoms with van der Waals surface area (Å²) in [5.41, 5.74) is 2.56. The van der Waals surface area contributed by atoms with Crippen LogP contribution in [0, 0.1) is 5.92 Å². The van der Waals surface area contributed by atoms with E-state index in [4.69, 9.17) is 0 Å². The molecule has 1 fully saturated rings. The van der Waals surface area contributed by atoms with Crippen LogP contribution in [0.5, 0.6) is 0 Å². The summed E-state index contributed by atoms with van der Waals surface area (Å²) in [5, 5.41) is 0. The second-order valence-electron chi connectivity index (χ2n) is 5.69. The van der Waals surface area contributed by atoms with Crippen molar-refractivity contribution in [2.24, 2.45) is 5.92 Å². The van der Waals surface area contributed by atoms with Crippen molar-refractivity contribution in [3.63, 3.8) is 0 Å². The maximum absolute atomic E-state index is 11.8. The molecule has 0 bridgehead atoms. The van der Waals surface area contributed by atoms with Crippen LogP contribution in [-0.2, 0) is 4.79 Å². The number of anilines is 1. The Morgan fingerprint density at radius 3 is 2.61 bits per heavy atom. The summed E-state index contributed by atoms with van der Waals surface area (Å²) in [6.45, 7) is 2.58. The Morgan fingerprint density at radius 2 is 1.89 bits per heavy atom. The zero-order valence-electron chi connectivity index (χ0n) is 11.1. The van der Waals surface area contributed by atoms with Gasteiger partial charge in [0.25, 0.3) is 0 Å². The second kappa shape index (κ2) is 4.75. The Hall–Kier alpha value is -1.31. The highest BCUT2D eigenvalue weighted by Gasteiger charge is 2.35. The minimum atomic E-state index is 0.181. The smallest absolute Gasteiger partial charge is 0.223 e. The van der Waals surface area contributed by atoms with Crippen LogP contribution in [-0.4, -0.2) is 12.5 Å². The number of hydrogen-bond donors (Lipinski definition) is 0.